The van der Waals surface area contributed by atoms with Crippen LogP contribution in [-0.2, 0) is 16.0 Å². The number of nitrogens with one attached hydrogen (secondary N) is 1. The molecule has 0 spiro atoms. The average molecular weight is 370 g/mol. The molecule has 0 aromatic carbocycles. The molecular formula is C18H22N6O3. The number of carbonyl (C=O) groups is 2. The van der Waals surface area contributed by atoms with Gasteiger partial charge in [-0.3, -0.25) is 9.59 Å². The van der Waals surface area contributed by atoms with Gasteiger partial charge in [0, 0.05) is 17.3 Å². The van der Waals surface area contributed by atoms with Crippen LogP contribution in [0.2, 0.25) is 0 Å². The third-order valence-electron chi connectivity index (χ3n) is 4.50. The fourth-order valence-electron chi connectivity index (χ4n) is 3.02. The van der Waals surface area contributed by atoms with Crippen molar-refractivity contribution in [2.45, 2.75) is 47.5 Å². The molecule has 1 atom stereocenters. The zero-order chi connectivity index (χ0) is 19.7. The first-order valence-electron chi connectivity index (χ1n) is 8.76. The maximum Gasteiger partial charge on any atom is 0.257 e. The van der Waals surface area contributed by atoms with E-state index in [2.05, 4.69) is 25.6 Å². The van der Waals surface area contributed by atoms with Gasteiger partial charge in [-0.25, -0.2) is 4.99 Å². The maximum atomic E-state index is 12.5. The summed E-state index contributed by atoms with van der Waals surface area (Å²) in [4.78, 5) is 33.2. The van der Waals surface area contributed by atoms with Gasteiger partial charge in [0.2, 0.25) is 5.91 Å². The molecule has 2 aromatic rings. The molecule has 0 fully saturated rings. The van der Waals surface area contributed by atoms with Crippen molar-refractivity contribution in [2.75, 3.05) is 5.32 Å². The van der Waals surface area contributed by atoms with Gasteiger partial charge in [-0.05, 0) is 34.1 Å². The lowest BCUT2D eigenvalue weighted by Gasteiger charge is -2.17. The Kier molecular flexibility index (Phi) is 5.02. The Bertz CT molecular complexity index is 946. The van der Waals surface area contributed by atoms with E-state index < -0.39 is 0 Å². The summed E-state index contributed by atoms with van der Waals surface area (Å²) in [6, 6.07) is 1.70. The molecule has 0 saturated carbocycles. The highest BCUT2D eigenvalue weighted by Gasteiger charge is 2.26. The zero-order valence-corrected chi connectivity index (χ0v) is 16.0. The molecule has 1 aliphatic rings. The average Bonchev–Trinajstić information content (AvgIpc) is 3.11. The van der Waals surface area contributed by atoms with Gasteiger partial charge in [-0.2, -0.15) is 14.8 Å². The molecule has 9 nitrogen and oxygen atoms in total. The Labute approximate surface area is 156 Å². The minimum Gasteiger partial charge on any atom is -0.361 e. The molecule has 0 aliphatic carbocycles. The fraction of sp³-hybridized carbons (Fsp3) is 0.444. The summed E-state index contributed by atoms with van der Waals surface area (Å²) in [5.74, 6) is 0.371. The summed E-state index contributed by atoms with van der Waals surface area (Å²) in [5, 5.41) is 11.0. The molecule has 1 unspecified atom stereocenters. The van der Waals surface area contributed by atoms with E-state index in [1.807, 2.05) is 6.92 Å². The molecular weight excluding hydrogens is 348 g/mol. The summed E-state index contributed by atoms with van der Waals surface area (Å²) >= 11 is 0. The first kappa shape index (κ1) is 18.7. The second-order valence-electron chi connectivity index (χ2n) is 6.57. The summed E-state index contributed by atoms with van der Waals surface area (Å²) in [6.45, 7) is 9.06. The van der Waals surface area contributed by atoms with Gasteiger partial charge in [0.15, 0.2) is 0 Å². The Morgan fingerprint density at radius 1 is 1.26 bits per heavy atom. The fourth-order valence-corrected chi connectivity index (χ4v) is 3.02. The maximum absolute atomic E-state index is 12.5. The summed E-state index contributed by atoms with van der Waals surface area (Å²) in [6.07, 6.45) is 0.765. The lowest BCUT2D eigenvalue weighted by Crippen LogP contribution is -2.30. The molecule has 0 radical (unpaired) electrons. The highest BCUT2D eigenvalue weighted by molar-refractivity contribution is 6.15. The van der Waals surface area contributed by atoms with Gasteiger partial charge in [-0.15, -0.1) is 0 Å². The number of hydrogen-bond donors (Lipinski definition) is 1. The van der Waals surface area contributed by atoms with E-state index in [9.17, 15) is 9.59 Å². The van der Waals surface area contributed by atoms with Crippen molar-refractivity contribution in [3.8, 4) is 0 Å². The first-order valence-corrected chi connectivity index (χ1v) is 8.76. The van der Waals surface area contributed by atoms with Crippen LogP contribution in [0, 0.1) is 26.7 Å². The Morgan fingerprint density at radius 2 is 2.00 bits per heavy atom. The number of aryl methyl sites for hydroxylation is 3. The van der Waals surface area contributed by atoms with Crippen molar-refractivity contribution < 1.29 is 14.1 Å². The largest absolute Gasteiger partial charge is 0.361 e. The minimum absolute atomic E-state index is 0.122. The predicted octanol–water partition coefficient (Wildman–Crippen LogP) is 2.21. The molecule has 1 N–H and O–H groups in total. The number of aliphatic imine (C=N–C) groups is 2. The van der Waals surface area contributed by atoms with E-state index in [1.54, 1.807) is 33.8 Å². The van der Waals surface area contributed by atoms with Crippen LogP contribution in [-0.4, -0.2) is 38.4 Å². The van der Waals surface area contributed by atoms with Crippen molar-refractivity contribution in [2.24, 2.45) is 15.9 Å². The third-order valence-corrected chi connectivity index (χ3v) is 4.50. The Balaban J connectivity index is 1.85. The van der Waals surface area contributed by atoms with Crippen LogP contribution in [0.25, 0.3) is 0 Å². The smallest absolute Gasteiger partial charge is 0.257 e. The third kappa shape index (κ3) is 3.71. The van der Waals surface area contributed by atoms with Gasteiger partial charge >= 0.3 is 0 Å². The number of anilines is 1. The van der Waals surface area contributed by atoms with Crippen molar-refractivity contribution in [1.82, 2.24) is 14.9 Å². The lowest BCUT2D eigenvalue weighted by molar-refractivity contribution is -0.120. The van der Waals surface area contributed by atoms with Gasteiger partial charge in [0.1, 0.15) is 11.6 Å². The van der Waals surface area contributed by atoms with E-state index in [4.69, 9.17) is 4.52 Å². The van der Waals surface area contributed by atoms with E-state index >= 15 is 0 Å². The minimum atomic E-state index is -0.303. The van der Waals surface area contributed by atoms with Gasteiger partial charge in [0.25, 0.3) is 11.9 Å². The SMILES string of the molecule is CCC1C(=O)N=C(n2nc(C)cc2NC(=O)Cc2c(C)noc2C)N=C1C. The molecule has 0 saturated heterocycles. The van der Waals surface area contributed by atoms with E-state index in [0.29, 0.717) is 35.1 Å². The van der Waals surface area contributed by atoms with Crippen LogP contribution < -0.4 is 5.32 Å². The van der Waals surface area contributed by atoms with Crippen molar-refractivity contribution in [3.05, 3.63) is 28.8 Å². The van der Waals surface area contributed by atoms with Crippen LogP contribution in [0.15, 0.2) is 20.6 Å². The molecule has 0 bridgehead atoms. The van der Waals surface area contributed by atoms with Crippen LogP contribution in [0.4, 0.5) is 5.82 Å². The van der Waals surface area contributed by atoms with E-state index in [-0.39, 0.29) is 30.1 Å². The standard InChI is InChI=1S/C18H22N6O3/c1-6-13-10(3)19-18(21-17(13)26)24-15(7-9(2)22-24)20-16(25)8-14-11(4)23-27-12(14)5/h7,13H,6,8H2,1-5H3,(H,20,25). The first-order chi connectivity index (χ1) is 12.8. The summed E-state index contributed by atoms with van der Waals surface area (Å²) < 4.78 is 6.47. The molecule has 1 aliphatic heterocycles. The number of amides is 2. The van der Waals surface area contributed by atoms with Crippen molar-refractivity contribution >= 4 is 29.3 Å². The second-order valence-corrected chi connectivity index (χ2v) is 6.57. The molecule has 3 heterocycles. The van der Waals surface area contributed by atoms with Gasteiger partial charge < -0.3 is 9.84 Å². The summed E-state index contributed by atoms with van der Waals surface area (Å²) in [5.41, 5.74) is 2.79. The molecule has 27 heavy (non-hydrogen) atoms. The zero-order valence-electron chi connectivity index (χ0n) is 16.0. The second kappa shape index (κ2) is 7.26. The molecule has 142 valence electrons. The van der Waals surface area contributed by atoms with Gasteiger partial charge in [0.05, 0.1) is 23.7 Å². The van der Waals surface area contributed by atoms with Gasteiger partial charge in [-0.1, -0.05) is 12.1 Å². The van der Waals surface area contributed by atoms with Crippen LogP contribution >= 0.6 is 0 Å². The van der Waals surface area contributed by atoms with Crippen LogP contribution in [0.5, 0.6) is 0 Å². The topological polar surface area (TPSA) is 115 Å². The molecule has 9 heteroatoms. The highest BCUT2D eigenvalue weighted by atomic mass is 16.5. The van der Waals surface area contributed by atoms with Crippen LogP contribution in [0.1, 0.15) is 43.0 Å². The van der Waals surface area contributed by atoms with E-state index in [0.717, 1.165) is 5.56 Å². The number of carbonyl (C=O) groups excluding carboxylic acids is 2. The predicted molar refractivity (Wildman–Crippen MR) is 100 cm³/mol. The summed E-state index contributed by atoms with van der Waals surface area (Å²) in [7, 11) is 0. The number of rotatable bonds is 4. The highest BCUT2D eigenvalue weighted by Crippen LogP contribution is 2.18. The van der Waals surface area contributed by atoms with Crippen LogP contribution in [0.3, 0.4) is 0 Å². The molecule has 3 rings (SSSR count). The molecule has 2 aromatic heterocycles. The monoisotopic (exact) mass is 370 g/mol. The lowest BCUT2D eigenvalue weighted by atomic mass is 10.00. The number of nitrogens with zero attached hydrogens (tertiary/aromatic N) is 5. The Hall–Kier alpha value is -3.10. The van der Waals surface area contributed by atoms with E-state index in [1.165, 1.54) is 4.68 Å². The Morgan fingerprint density at radius 3 is 2.59 bits per heavy atom. The number of hydrogen-bond acceptors (Lipinski definition) is 6. The van der Waals surface area contributed by atoms with Crippen molar-refractivity contribution in [3.63, 3.8) is 0 Å². The molecule has 2 amide bonds. The van der Waals surface area contributed by atoms with Crippen molar-refractivity contribution in [1.29, 1.82) is 0 Å². The normalized spacial score (nSPS) is 16.9. The quantitative estimate of drug-likeness (QED) is 0.886. The number of aromatic nitrogens is 3.